The van der Waals surface area contributed by atoms with Crippen LogP contribution in [0.5, 0.6) is 0 Å². The van der Waals surface area contributed by atoms with Gasteiger partial charge in [0.05, 0.1) is 5.39 Å². The minimum Gasteiger partial charge on any atom is -0.480 e. The van der Waals surface area contributed by atoms with Crippen LogP contribution in [0.4, 0.5) is 5.82 Å². The number of carboxylic acid groups (broad SMARTS) is 1. The van der Waals surface area contributed by atoms with E-state index in [2.05, 4.69) is 15.3 Å². The Labute approximate surface area is 113 Å². The summed E-state index contributed by atoms with van der Waals surface area (Å²) < 4.78 is 0. The van der Waals surface area contributed by atoms with Crippen LogP contribution < -0.4 is 5.32 Å². The monoisotopic (exact) mass is 285 g/mol. The number of carbonyl (C=O) groups is 1. The molecule has 2 aromatic heterocycles. The average Bonchev–Trinajstić information content (AvgIpc) is 2.54. The van der Waals surface area contributed by atoms with Crippen molar-refractivity contribution in [3.8, 4) is 0 Å². The summed E-state index contributed by atoms with van der Waals surface area (Å²) in [4.78, 5) is 21.0. The molecule has 0 aromatic carbocycles. The van der Waals surface area contributed by atoms with E-state index in [0.717, 1.165) is 20.7 Å². The molecule has 96 valence electrons. The van der Waals surface area contributed by atoms with Gasteiger partial charge in [-0.1, -0.05) is 0 Å². The second-order valence-corrected chi connectivity index (χ2v) is 5.55. The van der Waals surface area contributed by atoms with E-state index in [1.165, 1.54) is 11.3 Å². The van der Waals surface area contributed by atoms with Crippen molar-refractivity contribution in [3.05, 3.63) is 15.7 Å². The lowest BCUT2D eigenvalue weighted by atomic mass is 10.2. The molecule has 0 radical (unpaired) electrons. The minimum atomic E-state index is -0.942. The molecule has 5 nitrogen and oxygen atoms in total. The number of fused-ring (bicyclic) bond motifs is 1. The van der Waals surface area contributed by atoms with E-state index >= 15 is 0 Å². The number of hydrogen-bond acceptors (Lipinski definition) is 5. The molecule has 0 fully saturated rings. The highest BCUT2D eigenvalue weighted by molar-refractivity contribution is 7.18. The topological polar surface area (TPSA) is 75.1 Å². The van der Waals surface area contributed by atoms with Gasteiger partial charge < -0.3 is 10.4 Å². The van der Waals surface area contributed by atoms with Crippen molar-refractivity contribution in [1.29, 1.82) is 0 Å². The number of aryl methyl sites for hydroxylation is 2. The first-order valence-corrected chi connectivity index (χ1v) is 6.52. The van der Waals surface area contributed by atoms with Crippen molar-refractivity contribution in [2.24, 2.45) is 0 Å². The highest BCUT2D eigenvalue weighted by atomic mass is 35.5. The van der Waals surface area contributed by atoms with Gasteiger partial charge in [-0.3, -0.25) is 4.79 Å². The van der Waals surface area contributed by atoms with Crippen LogP contribution in [-0.2, 0) is 4.79 Å². The van der Waals surface area contributed by atoms with Crippen molar-refractivity contribution < 1.29 is 9.90 Å². The Bertz CT molecular complexity index is 626. The number of thiophene rings is 1. The van der Waals surface area contributed by atoms with E-state index in [1.807, 2.05) is 13.8 Å². The van der Waals surface area contributed by atoms with Gasteiger partial charge in [0.15, 0.2) is 0 Å². The molecule has 0 aliphatic rings. The first-order valence-electron chi connectivity index (χ1n) is 5.32. The third-order valence-corrected chi connectivity index (χ3v) is 4.00. The van der Waals surface area contributed by atoms with Crippen LogP contribution in [0.1, 0.15) is 17.4 Å². The molecule has 1 atom stereocenters. The number of rotatable bonds is 3. The molecule has 0 amide bonds. The molecule has 2 N–H and O–H groups in total. The second kappa shape index (κ2) is 4.70. The molecule has 2 heterocycles. The number of aliphatic carboxylic acids is 1. The standard InChI is InChI=1S/C11H12ClN3O2S/c1-4-6(3)18-9-7(4)8(14-11(12)15-9)13-5(2)10(16)17/h5H,1-3H3,(H,16,17)(H,13,14,15). The SMILES string of the molecule is Cc1sc2nc(Cl)nc(NC(C)C(=O)O)c2c1C. The highest BCUT2D eigenvalue weighted by Crippen LogP contribution is 2.34. The summed E-state index contributed by atoms with van der Waals surface area (Å²) in [6, 6.07) is -0.737. The Morgan fingerprint density at radius 1 is 1.44 bits per heavy atom. The number of carboxylic acids is 1. The molecule has 0 bridgehead atoms. The number of nitrogens with one attached hydrogen (secondary N) is 1. The van der Waals surface area contributed by atoms with Crippen LogP contribution in [0.3, 0.4) is 0 Å². The van der Waals surface area contributed by atoms with Crippen LogP contribution >= 0.6 is 22.9 Å². The Morgan fingerprint density at radius 3 is 2.72 bits per heavy atom. The summed E-state index contributed by atoms with van der Waals surface area (Å²) >= 11 is 7.37. The van der Waals surface area contributed by atoms with E-state index in [0.29, 0.717) is 5.82 Å². The van der Waals surface area contributed by atoms with Crippen LogP contribution in [0, 0.1) is 13.8 Å². The van der Waals surface area contributed by atoms with E-state index in [-0.39, 0.29) is 5.28 Å². The summed E-state index contributed by atoms with van der Waals surface area (Å²) in [6.45, 7) is 5.50. The van der Waals surface area contributed by atoms with E-state index in [4.69, 9.17) is 16.7 Å². The molecule has 2 rings (SSSR count). The average molecular weight is 286 g/mol. The lowest BCUT2D eigenvalue weighted by Crippen LogP contribution is -2.26. The Balaban J connectivity index is 2.58. The largest absolute Gasteiger partial charge is 0.480 e. The lowest BCUT2D eigenvalue weighted by molar-refractivity contribution is -0.137. The highest BCUT2D eigenvalue weighted by Gasteiger charge is 2.17. The molecule has 0 spiro atoms. The predicted molar refractivity (Wildman–Crippen MR) is 72.6 cm³/mol. The van der Waals surface area contributed by atoms with Crippen molar-refractivity contribution >= 4 is 44.9 Å². The van der Waals surface area contributed by atoms with Crippen molar-refractivity contribution in [1.82, 2.24) is 9.97 Å². The molecule has 0 aliphatic heterocycles. The Kier molecular flexibility index (Phi) is 3.41. The molecular weight excluding hydrogens is 274 g/mol. The summed E-state index contributed by atoms with van der Waals surface area (Å²) in [5.74, 6) is -0.468. The van der Waals surface area contributed by atoms with Crippen LogP contribution in [0.2, 0.25) is 5.28 Å². The van der Waals surface area contributed by atoms with Gasteiger partial charge in [-0.2, -0.15) is 0 Å². The predicted octanol–water partition coefficient (Wildman–Crippen LogP) is 2.85. The first-order chi connectivity index (χ1) is 8.40. The van der Waals surface area contributed by atoms with Crippen LogP contribution in [-0.4, -0.2) is 27.1 Å². The molecule has 7 heteroatoms. The first kappa shape index (κ1) is 13.0. The maximum atomic E-state index is 10.9. The normalized spacial score (nSPS) is 12.7. The maximum Gasteiger partial charge on any atom is 0.325 e. The van der Waals surface area contributed by atoms with Gasteiger partial charge in [0, 0.05) is 4.88 Å². The fourth-order valence-electron chi connectivity index (χ4n) is 1.59. The molecule has 0 saturated heterocycles. The van der Waals surface area contributed by atoms with E-state index in [9.17, 15) is 4.79 Å². The van der Waals surface area contributed by atoms with Gasteiger partial charge in [0.2, 0.25) is 5.28 Å². The fourth-order valence-corrected chi connectivity index (χ4v) is 2.84. The van der Waals surface area contributed by atoms with E-state index < -0.39 is 12.0 Å². The zero-order chi connectivity index (χ0) is 13.4. The maximum absolute atomic E-state index is 10.9. The van der Waals surface area contributed by atoms with Crippen molar-refractivity contribution in [2.45, 2.75) is 26.8 Å². The number of hydrogen-bond donors (Lipinski definition) is 2. The second-order valence-electron chi connectivity index (χ2n) is 4.01. The van der Waals surface area contributed by atoms with Crippen molar-refractivity contribution in [2.75, 3.05) is 5.32 Å². The zero-order valence-corrected chi connectivity index (χ0v) is 11.7. The van der Waals surface area contributed by atoms with Gasteiger partial charge in [-0.15, -0.1) is 11.3 Å². The summed E-state index contributed by atoms with van der Waals surface area (Å²) in [5.41, 5.74) is 1.05. The Hall–Kier alpha value is -1.40. The molecule has 18 heavy (non-hydrogen) atoms. The number of nitrogens with zero attached hydrogens (tertiary/aromatic N) is 2. The quantitative estimate of drug-likeness (QED) is 0.848. The number of halogens is 1. The molecule has 0 aliphatic carbocycles. The minimum absolute atomic E-state index is 0.115. The van der Waals surface area contributed by atoms with Gasteiger partial charge in [-0.25, -0.2) is 9.97 Å². The smallest absolute Gasteiger partial charge is 0.325 e. The fraction of sp³-hybridized carbons (Fsp3) is 0.364. The lowest BCUT2D eigenvalue weighted by Gasteiger charge is -2.11. The Morgan fingerprint density at radius 2 is 2.11 bits per heavy atom. The van der Waals surface area contributed by atoms with Crippen LogP contribution in [0.25, 0.3) is 10.2 Å². The third kappa shape index (κ3) is 2.26. The van der Waals surface area contributed by atoms with Gasteiger partial charge in [-0.05, 0) is 37.9 Å². The summed E-state index contributed by atoms with van der Waals surface area (Å²) in [6.07, 6.45) is 0. The summed E-state index contributed by atoms with van der Waals surface area (Å²) in [5, 5.41) is 12.7. The molecule has 0 saturated carbocycles. The van der Waals surface area contributed by atoms with E-state index in [1.54, 1.807) is 6.92 Å². The number of aromatic nitrogens is 2. The van der Waals surface area contributed by atoms with Crippen molar-refractivity contribution in [3.63, 3.8) is 0 Å². The van der Waals surface area contributed by atoms with Crippen LogP contribution in [0.15, 0.2) is 0 Å². The van der Waals surface area contributed by atoms with Gasteiger partial charge >= 0.3 is 5.97 Å². The van der Waals surface area contributed by atoms with Gasteiger partial charge in [0.25, 0.3) is 0 Å². The zero-order valence-electron chi connectivity index (χ0n) is 10.1. The molecule has 1 unspecified atom stereocenters. The number of anilines is 1. The third-order valence-electron chi connectivity index (χ3n) is 2.73. The molecule has 2 aromatic rings. The molecular formula is C11H12ClN3O2S. The summed E-state index contributed by atoms with van der Waals surface area (Å²) in [7, 11) is 0. The van der Waals surface area contributed by atoms with Gasteiger partial charge in [0.1, 0.15) is 16.7 Å².